The molecule has 0 radical (unpaired) electrons. The molecule has 0 saturated heterocycles. The van der Waals surface area contributed by atoms with Gasteiger partial charge in [0.25, 0.3) is 4.84 Å². The third kappa shape index (κ3) is 2.67. The lowest BCUT2D eigenvalue weighted by Crippen LogP contribution is -1.99. The van der Waals surface area contributed by atoms with E-state index in [4.69, 9.17) is 40.5 Å². The van der Waals surface area contributed by atoms with Gasteiger partial charge in [-0.25, -0.2) is 0 Å². The minimum absolute atomic E-state index is 0.319. The molecule has 0 unspecified atom stereocenters. The molecule has 0 spiro atoms. The Hall–Kier alpha value is -1.49. The van der Waals surface area contributed by atoms with Crippen molar-refractivity contribution in [1.82, 2.24) is 4.57 Å². The van der Waals surface area contributed by atoms with Gasteiger partial charge in [-0.1, -0.05) is 42.9 Å². The summed E-state index contributed by atoms with van der Waals surface area (Å²) in [5.41, 5.74) is 2.78. The smallest absolute Gasteiger partial charge is 0.274 e. The third-order valence-corrected chi connectivity index (χ3v) is 4.26. The van der Waals surface area contributed by atoms with Crippen molar-refractivity contribution in [1.29, 1.82) is 0 Å². The Morgan fingerprint density at radius 1 is 1.10 bits per heavy atom. The van der Waals surface area contributed by atoms with Crippen LogP contribution in [0.1, 0.15) is 12.5 Å². The molecule has 106 valence electrons. The van der Waals surface area contributed by atoms with E-state index in [9.17, 15) is 0 Å². The van der Waals surface area contributed by atoms with E-state index < -0.39 is 0 Å². The first-order valence-electron chi connectivity index (χ1n) is 6.55. The molecule has 0 saturated carbocycles. The lowest BCUT2D eigenvalue weighted by Gasteiger charge is -2.09. The predicted octanol–water partition coefficient (Wildman–Crippen LogP) is 5.90. The Morgan fingerprint density at radius 2 is 1.81 bits per heavy atom. The third-order valence-electron chi connectivity index (χ3n) is 3.36. The summed E-state index contributed by atoms with van der Waals surface area (Å²) in [4.78, 5) is 0.319. The number of benzene rings is 2. The zero-order valence-corrected chi connectivity index (χ0v) is 13.7. The number of nitrogens with zero attached hydrogens (tertiary/aromatic N) is 1. The monoisotopic (exact) mass is 333 g/mol. The van der Waals surface area contributed by atoms with E-state index >= 15 is 0 Å². The van der Waals surface area contributed by atoms with Crippen LogP contribution in [-0.4, -0.2) is 4.57 Å². The Balaban J connectivity index is 2.29. The van der Waals surface area contributed by atoms with Crippen LogP contribution in [-0.2, 0) is 6.42 Å². The van der Waals surface area contributed by atoms with Crippen molar-refractivity contribution in [3.8, 4) is 5.69 Å². The first kappa shape index (κ1) is 14.4. The minimum Gasteiger partial charge on any atom is -0.430 e. The number of aromatic nitrogens is 1. The lowest BCUT2D eigenvalue weighted by atomic mass is 10.1. The molecule has 2 aromatic carbocycles. The fourth-order valence-electron chi connectivity index (χ4n) is 2.20. The summed E-state index contributed by atoms with van der Waals surface area (Å²) in [5, 5.41) is 1.42. The van der Waals surface area contributed by atoms with E-state index in [0.29, 0.717) is 20.1 Å². The van der Waals surface area contributed by atoms with Crippen molar-refractivity contribution < 1.29 is 4.42 Å². The van der Waals surface area contributed by atoms with Gasteiger partial charge in [0, 0.05) is 11.1 Å². The second-order valence-electron chi connectivity index (χ2n) is 4.67. The van der Waals surface area contributed by atoms with E-state index in [1.165, 1.54) is 5.56 Å². The topological polar surface area (TPSA) is 18.1 Å². The van der Waals surface area contributed by atoms with E-state index in [1.54, 1.807) is 16.7 Å². The van der Waals surface area contributed by atoms with Gasteiger partial charge in [-0.15, -0.1) is 0 Å². The maximum Gasteiger partial charge on any atom is 0.274 e. The summed E-state index contributed by atoms with van der Waals surface area (Å²) >= 11 is 16.9. The van der Waals surface area contributed by atoms with Gasteiger partial charge in [0.1, 0.15) is 10.2 Å². The first-order valence-corrected chi connectivity index (χ1v) is 7.74. The highest BCUT2D eigenvalue weighted by Gasteiger charge is 2.07. The highest BCUT2D eigenvalue weighted by molar-refractivity contribution is 7.72. The van der Waals surface area contributed by atoms with Gasteiger partial charge >= 0.3 is 0 Å². The standard InChI is InChI=1S/C16H12ClNOS2/c1-2-10-3-6-12(7-4-10)18-15(20)13-8-5-11(17)9-14(13)19-16(18)21/h3-9H,2H2,1H3. The molecule has 0 amide bonds. The maximum absolute atomic E-state index is 5.98. The van der Waals surface area contributed by atoms with Crippen LogP contribution in [0.25, 0.3) is 16.7 Å². The fraction of sp³-hybridized carbons (Fsp3) is 0.125. The van der Waals surface area contributed by atoms with Crippen molar-refractivity contribution in [3.63, 3.8) is 0 Å². The molecular weight excluding hydrogens is 322 g/mol. The van der Waals surface area contributed by atoms with Crippen molar-refractivity contribution in [2.45, 2.75) is 13.3 Å². The summed E-state index contributed by atoms with van der Waals surface area (Å²) in [7, 11) is 0. The molecular formula is C16H12ClNOS2. The van der Waals surface area contributed by atoms with Crippen molar-refractivity contribution in [3.05, 3.63) is 62.5 Å². The number of fused-ring (bicyclic) bond motifs is 1. The molecule has 2 nitrogen and oxygen atoms in total. The maximum atomic E-state index is 5.98. The molecule has 3 rings (SSSR count). The van der Waals surface area contributed by atoms with Gasteiger partial charge in [0.15, 0.2) is 0 Å². The highest BCUT2D eigenvalue weighted by atomic mass is 35.5. The molecule has 3 aromatic rings. The molecule has 1 aromatic heterocycles. The molecule has 0 aliphatic carbocycles. The predicted molar refractivity (Wildman–Crippen MR) is 91.6 cm³/mol. The van der Waals surface area contributed by atoms with Crippen LogP contribution < -0.4 is 0 Å². The molecule has 0 atom stereocenters. The summed E-state index contributed by atoms with van der Waals surface area (Å²) in [6.07, 6.45) is 0.993. The zero-order valence-electron chi connectivity index (χ0n) is 11.3. The van der Waals surface area contributed by atoms with Crippen LogP contribution in [0.3, 0.4) is 0 Å². The Kier molecular flexibility index (Phi) is 3.93. The fourth-order valence-corrected chi connectivity index (χ4v) is 3.07. The summed E-state index contributed by atoms with van der Waals surface area (Å²) in [6.45, 7) is 2.12. The molecule has 0 fully saturated rings. The summed E-state index contributed by atoms with van der Waals surface area (Å²) in [5.74, 6) is 0. The summed E-state index contributed by atoms with van der Waals surface area (Å²) < 4.78 is 8.08. The van der Waals surface area contributed by atoms with E-state index in [1.807, 2.05) is 18.2 Å². The normalized spacial score (nSPS) is 11.0. The van der Waals surface area contributed by atoms with E-state index in [-0.39, 0.29) is 0 Å². The zero-order chi connectivity index (χ0) is 15.0. The number of hydrogen-bond acceptors (Lipinski definition) is 3. The quantitative estimate of drug-likeness (QED) is 0.544. The van der Waals surface area contributed by atoms with Gasteiger partial charge in [-0.3, -0.25) is 4.57 Å². The number of aryl methyl sites for hydroxylation is 1. The van der Waals surface area contributed by atoms with E-state index in [2.05, 4.69) is 19.1 Å². The Morgan fingerprint density at radius 3 is 2.48 bits per heavy atom. The number of hydrogen-bond donors (Lipinski definition) is 0. The average molecular weight is 334 g/mol. The van der Waals surface area contributed by atoms with E-state index in [0.717, 1.165) is 17.5 Å². The molecule has 0 aliphatic heterocycles. The van der Waals surface area contributed by atoms with Gasteiger partial charge in [0.05, 0.1) is 11.1 Å². The molecule has 5 heteroatoms. The van der Waals surface area contributed by atoms with Crippen LogP contribution >= 0.6 is 36.0 Å². The molecule has 0 bridgehead atoms. The van der Waals surface area contributed by atoms with Gasteiger partial charge in [-0.2, -0.15) is 0 Å². The van der Waals surface area contributed by atoms with Crippen LogP contribution in [0.5, 0.6) is 0 Å². The number of halogens is 1. The SMILES string of the molecule is CCc1ccc(-n2c(=S)oc3cc(Cl)ccc3c2=S)cc1. The number of rotatable bonds is 2. The average Bonchev–Trinajstić information content (AvgIpc) is 2.47. The van der Waals surface area contributed by atoms with Crippen molar-refractivity contribution in [2.24, 2.45) is 0 Å². The second kappa shape index (κ2) is 5.72. The molecule has 21 heavy (non-hydrogen) atoms. The minimum atomic E-state index is 0.319. The molecule has 0 N–H and O–H groups in total. The van der Waals surface area contributed by atoms with Crippen molar-refractivity contribution >= 4 is 47.0 Å². The molecule has 1 heterocycles. The van der Waals surface area contributed by atoms with Gasteiger partial charge in [-0.05, 0) is 48.5 Å². The summed E-state index contributed by atoms with van der Waals surface area (Å²) in [6, 6.07) is 13.5. The first-order chi connectivity index (χ1) is 10.1. The van der Waals surface area contributed by atoms with Crippen LogP contribution in [0.2, 0.25) is 5.02 Å². The van der Waals surface area contributed by atoms with Gasteiger partial charge < -0.3 is 4.42 Å². The Labute approximate surface area is 137 Å². The second-order valence-corrected chi connectivity index (χ2v) is 5.84. The van der Waals surface area contributed by atoms with Gasteiger partial charge in [0.2, 0.25) is 0 Å². The lowest BCUT2D eigenvalue weighted by molar-refractivity contribution is 0.537. The van der Waals surface area contributed by atoms with Crippen LogP contribution in [0.4, 0.5) is 0 Å². The largest absolute Gasteiger partial charge is 0.430 e. The molecule has 0 aliphatic rings. The van der Waals surface area contributed by atoms with Crippen LogP contribution in [0.15, 0.2) is 46.9 Å². The van der Waals surface area contributed by atoms with Crippen molar-refractivity contribution in [2.75, 3.05) is 0 Å². The van der Waals surface area contributed by atoms with Crippen LogP contribution in [0, 0.1) is 9.48 Å². The Bertz CT molecular complexity index is 926. The highest BCUT2D eigenvalue weighted by Crippen LogP contribution is 2.23.